The lowest BCUT2D eigenvalue weighted by Crippen LogP contribution is -2.44. The molecule has 0 bridgehead atoms. The highest BCUT2D eigenvalue weighted by molar-refractivity contribution is 6.74. The van der Waals surface area contributed by atoms with Gasteiger partial charge in [0.2, 0.25) is 0 Å². The quantitative estimate of drug-likeness (QED) is 0.536. The molecule has 0 aliphatic rings. The van der Waals surface area contributed by atoms with Gasteiger partial charge in [-0.1, -0.05) is 20.8 Å². The van der Waals surface area contributed by atoms with E-state index in [1.54, 1.807) is 0 Å². The van der Waals surface area contributed by atoms with Crippen LogP contribution in [-0.2, 0) is 9.22 Å². The fraction of sp³-hybridized carbons (Fsp3) is 0.818. The van der Waals surface area contributed by atoms with E-state index < -0.39 is 14.4 Å². The summed E-state index contributed by atoms with van der Waals surface area (Å²) in [5.41, 5.74) is 0. The third-order valence-electron chi connectivity index (χ3n) is 2.94. The van der Waals surface area contributed by atoms with Crippen LogP contribution in [0.1, 0.15) is 33.6 Å². The minimum atomic E-state index is -1.88. The van der Waals surface area contributed by atoms with Gasteiger partial charge < -0.3 is 9.22 Å². The van der Waals surface area contributed by atoms with Gasteiger partial charge in [-0.2, -0.15) is 5.26 Å². The van der Waals surface area contributed by atoms with Gasteiger partial charge in [0.05, 0.1) is 6.07 Å². The van der Waals surface area contributed by atoms with E-state index >= 15 is 0 Å². The van der Waals surface area contributed by atoms with Crippen molar-refractivity contribution in [3.8, 4) is 6.07 Å². The second-order valence-electron chi connectivity index (χ2n) is 5.25. The first-order valence-corrected chi connectivity index (χ1v) is 8.15. The Hall–Kier alpha value is -0.663. The van der Waals surface area contributed by atoms with Gasteiger partial charge in [0.15, 0.2) is 8.32 Å². The SMILES string of the molecule is CC(C)(C)[Si](C)(C)O[C@H](C=O)CCC#N. The molecular weight excluding hydrogens is 206 g/mol. The minimum Gasteiger partial charge on any atom is -0.407 e. The van der Waals surface area contributed by atoms with E-state index in [9.17, 15) is 4.79 Å². The van der Waals surface area contributed by atoms with Crippen LogP contribution in [0, 0.1) is 11.3 Å². The molecule has 0 spiro atoms. The van der Waals surface area contributed by atoms with Crippen molar-refractivity contribution in [2.75, 3.05) is 0 Å². The highest BCUT2D eigenvalue weighted by Gasteiger charge is 2.38. The lowest BCUT2D eigenvalue weighted by molar-refractivity contribution is -0.114. The summed E-state index contributed by atoms with van der Waals surface area (Å²) in [7, 11) is -1.88. The highest BCUT2D eigenvalue weighted by Crippen LogP contribution is 2.37. The lowest BCUT2D eigenvalue weighted by Gasteiger charge is -2.37. The van der Waals surface area contributed by atoms with Gasteiger partial charge in [0.25, 0.3) is 0 Å². The van der Waals surface area contributed by atoms with E-state index in [0.717, 1.165) is 6.29 Å². The maximum absolute atomic E-state index is 10.8. The molecule has 3 nitrogen and oxygen atoms in total. The smallest absolute Gasteiger partial charge is 0.193 e. The summed E-state index contributed by atoms with van der Waals surface area (Å²) in [6.45, 7) is 10.6. The summed E-state index contributed by atoms with van der Waals surface area (Å²) in [5.74, 6) is 0. The van der Waals surface area contributed by atoms with Crippen LogP contribution in [0.2, 0.25) is 18.1 Å². The first-order chi connectivity index (χ1) is 6.74. The van der Waals surface area contributed by atoms with Gasteiger partial charge in [-0.15, -0.1) is 0 Å². The Balaban J connectivity index is 4.42. The maximum atomic E-state index is 10.8. The second kappa shape index (κ2) is 5.43. The molecule has 15 heavy (non-hydrogen) atoms. The van der Waals surface area contributed by atoms with Crippen molar-refractivity contribution in [2.45, 2.75) is 57.8 Å². The van der Waals surface area contributed by atoms with Crippen LogP contribution < -0.4 is 0 Å². The van der Waals surface area contributed by atoms with Gasteiger partial charge in [0.1, 0.15) is 12.4 Å². The first kappa shape index (κ1) is 14.3. The number of hydrogen-bond donors (Lipinski definition) is 0. The van der Waals surface area contributed by atoms with E-state index in [0.29, 0.717) is 12.8 Å². The molecule has 0 N–H and O–H groups in total. The summed E-state index contributed by atoms with van der Waals surface area (Å²) in [5, 5.41) is 8.56. The molecule has 0 fully saturated rings. The molecule has 0 saturated heterocycles. The van der Waals surface area contributed by atoms with Crippen LogP contribution in [0.15, 0.2) is 0 Å². The first-order valence-electron chi connectivity index (χ1n) is 5.24. The molecule has 0 aromatic carbocycles. The molecule has 0 aliphatic heterocycles. The van der Waals surface area contributed by atoms with E-state index in [1.165, 1.54) is 0 Å². The molecule has 0 aromatic rings. The molecule has 0 radical (unpaired) electrons. The zero-order valence-corrected chi connectivity index (χ0v) is 11.3. The van der Waals surface area contributed by atoms with Crippen LogP contribution in [0.5, 0.6) is 0 Å². The van der Waals surface area contributed by atoms with Crippen molar-refractivity contribution in [1.82, 2.24) is 0 Å². The van der Waals surface area contributed by atoms with E-state index in [-0.39, 0.29) is 5.04 Å². The Morgan fingerprint density at radius 3 is 2.33 bits per heavy atom. The van der Waals surface area contributed by atoms with Crippen molar-refractivity contribution >= 4 is 14.6 Å². The average Bonchev–Trinajstić information content (AvgIpc) is 2.10. The molecular formula is C11H21NO2Si. The van der Waals surface area contributed by atoms with Gasteiger partial charge in [0, 0.05) is 6.42 Å². The van der Waals surface area contributed by atoms with Crippen LogP contribution in [0.3, 0.4) is 0 Å². The number of hydrogen-bond acceptors (Lipinski definition) is 3. The molecule has 0 aromatic heterocycles. The topological polar surface area (TPSA) is 50.1 Å². The molecule has 0 saturated carbocycles. The van der Waals surface area contributed by atoms with Gasteiger partial charge >= 0.3 is 0 Å². The largest absolute Gasteiger partial charge is 0.407 e. The second-order valence-corrected chi connectivity index (χ2v) is 10.0. The van der Waals surface area contributed by atoms with E-state index in [1.807, 2.05) is 6.07 Å². The number of carbonyl (C=O) groups is 1. The van der Waals surface area contributed by atoms with Crippen molar-refractivity contribution in [2.24, 2.45) is 0 Å². The van der Waals surface area contributed by atoms with Crippen molar-refractivity contribution in [3.05, 3.63) is 0 Å². The Morgan fingerprint density at radius 2 is 2.00 bits per heavy atom. The zero-order chi connectivity index (χ0) is 12.1. The Morgan fingerprint density at radius 1 is 1.47 bits per heavy atom. The predicted octanol–water partition coefficient (Wildman–Crippen LogP) is 2.88. The molecule has 0 amide bonds. The summed E-state index contributed by atoms with van der Waals surface area (Å²) < 4.78 is 5.87. The number of nitriles is 1. The van der Waals surface area contributed by atoms with E-state index in [4.69, 9.17) is 9.69 Å². The number of carbonyl (C=O) groups excluding carboxylic acids is 1. The summed E-state index contributed by atoms with van der Waals surface area (Å²) in [6, 6.07) is 2.03. The van der Waals surface area contributed by atoms with Crippen molar-refractivity contribution in [3.63, 3.8) is 0 Å². The fourth-order valence-corrected chi connectivity index (χ4v) is 2.20. The Kier molecular flexibility index (Phi) is 5.19. The van der Waals surface area contributed by atoms with Crippen LogP contribution in [-0.4, -0.2) is 20.7 Å². The number of rotatable bonds is 5. The lowest BCUT2D eigenvalue weighted by atomic mass is 10.2. The molecule has 4 heteroatoms. The standard InChI is InChI=1S/C11H21NO2Si/c1-11(2,3)15(4,5)14-10(9-13)7-6-8-12/h9-10H,6-7H2,1-5H3/t10-/m0/s1. The summed E-state index contributed by atoms with van der Waals surface area (Å²) in [6.07, 6.45) is 1.29. The summed E-state index contributed by atoms with van der Waals surface area (Å²) >= 11 is 0. The van der Waals surface area contributed by atoms with Crippen molar-refractivity contribution in [1.29, 1.82) is 5.26 Å². The van der Waals surface area contributed by atoms with Crippen molar-refractivity contribution < 1.29 is 9.22 Å². The Bertz CT molecular complexity index is 250. The fourth-order valence-electron chi connectivity index (χ4n) is 0.917. The van der Waals surface area contributed by atoms with Crippen LogP contribution in [0.4, 0.5) is 0 Å². The Labute approximate surface area is 93.6 Å². The van der Waals surface area contributed by atoms with Gasteiger partial charge in [-0.3, -0.25) is 0 Å². The third kappa shape index (κ3) is 4.58. The van der Waals surface area contributed by atoms with Gasteiger partial charge in [-0.05, 0) is 24.6 Å². The van der Waals surface area contributed by atoms with Crippen LogP contribution in [0.25, 0.3) is 0 Å². The molecule has 86 valence electrons. The summed E-state index contributed by atoms with van der Waals surface area (Å²) in [4.78, 5) is 10.8. The number of nitrogens with zero attached hydrogens (tertiary/aromatic N) is 1. The normalized spacial score (nSPS) is 14.4. The third-order valence-corrected chi connectivity index (χ3v) is 7.45. The molecule has 0 rings (SSSR count). The van der Waals surface area contributed by atoms with E-state index in [2.05, 4.69) is 33.9 Å². The monoisotopic (exact) mass is 227 g/mol. The average molecular weight is 227 g/mol. The van der Waals surface area contributed by atoms with Crippen LogP contribution >= 0.6 is 0 Å². The minimum absolute atomic E-state index is 0.0981. The molecule has 1 atom stereocenters. The molecule has 0 heterocycles. The maximum Gasteiger partial charge on any atom is 0.193 e. The highest BCUT2D eigenvalue weighted by atomic mass is 28.4. The number of aldehydes is 1. The molecule has 0 unspecified atom stereocenters. The zero-order valence-electron chi connectivity index (χ0n) is 10.3. The predicted molar refractivity (Wildman–Crippen MR) is 63.0 cm³/mol. The molecule has 0 aliphatic carbocycles. The van der Waals surface area contributed by atoms with Gasteiger partial charge in [-0.25, -0.2) is 0 Å².